The molecule has 0 amide bonds. The average molecular weight is 356 g/mol. The molecule has 0 atom stereocenters. The minimum Gasteiger partial charge on any atom is -0.488 e. The minimum absolute atomic E-state index is 0.296. The topological polar surface area (TPSA) is 34.4 Å². The fourth-order valence-electron chi connectivity index (χ4n) is 1.87. The molecule has 0 radical (unpaired) electrons. The van der Waals surface area contributed by atoms with E-state index in [0.717, 1.165) is 17.1 Å². The third-order valence-electron chi connectivity index (χ3n) is 3.03. The first-order valence-corrected chi connectivity index (χ1v) is 7.64. The second kappa shape index (κ2) is 7.09. The summed E-state index contributed by atoms with van der Waals surface area (Å²) in [6, 6.07) is 6.76. The van der Waals surface area contributed by atoms with E-state index in [2.05, 4.69) is 35.1 Å². The number of hydrogen-bond donors (Lipinski definition) is 1. The van der Waals surface area contributed by atoms with Gasteiger partial charge < -0.3 is 14.5 Å². The molecule has 0 saturated heterocycles. The lowest BCUT2D eigenvalue weighted by Crippen LogP contribution is -2.21. The van der Waals surface area contributed by atoms with E-state index >= 15 is 0 Å². The maximum absolute atomic E-state index is 13.0. The highest BCUT2D eigenvalue weighted by molar-refractivity contribution is 9.10. The van der Waals surface area contributed by atoms with Crippen molar-refractivity contribution in [2.75, 3.05) is 0 Å². The molecule has 21 heavy (non-hydrogen) atoms. The lowest BCUT2D eigenvalue weighted by Gasteiger charge is -2.07. The van der Waals surface area contributed by atoms with Gasteiger partial charge >= 0.3 is 0 Å². The van der Waals surface area contributed by atoms with E-state index in [1.165, 1.54) is 12.1 Å². The SMILES string of the molecule is Cc1oc(CNC(C)C)cc1COc1ccc(F)cc1Br. The zero-order chi connectivity index (χ0) is 15.4. The van der Waals surface area contributed by atoms with E-state index in [0.29, 0.717) is 29.4 Å². The van der Waals surface area contributed by atoms with Crippen LogP contribution in [0.15, 0.2) is 33.2 Å². The number of furan rings is 1. The van der Waals surface area contributed by atoms with Crippen LogP contribution in [-0.2, 0) is 13.2 Å². The van der Waals surface area contributed by atoms with Crippen molar-refractivity contribution in [3.05, 3.63) is 51.6 Å². The monoisotopic (exact) mass is 355 g/mol. The Kier molecular flexibility index (Phi) is 5.42. The van der Waals surface area contributed by atoms with Gasteiger partial charge in [0.1, 0.15) is 29.7 Å². The molecule has 2 aromatic rings. The summed E-state index contributed by atoms with van der Waals surface area (Å²) in [6.45, 7) is 7.18. The molecule has 2 rings (SSSR count). The molecule has 0 aliphatic carbocycles. The van der Waals surface area contributed by atoms with Crippen LogP contribution in [0.2, 0.25) is 0 Å². The van der Waals surface area contributed by atoms with Gasteiger partial charge in [-0.05, 0) is 47.1 Å². The Morgan fingerprint density at radius 2 is 2.10 bits per heavy atom. The Morgan fingerprint density at radius 1 is 1.33 bits per heavy atom. The van der Waals surface area contributed by atoms with Crippen molar-refractivity contribution >= 4 is 15.9 Å². The standard InChI is InChI=1S/C16H19BrFNO2/c1-10(2)19-8-14-6-12(11(3)21-14)9-20-16-5-4-13(18)7-15(16)17/h4-7,10,19H,8-9H2,1-3H3. The maximum Gasteiger partial charge on any atom is 0.134 e. The summed E-state index contributed by atoms with van der Waals surface area (Å²) in [5.41, 5.74) is 0.992. The van der Waals surface area contributed by atoms with Gasteiger partial charge in [-0.3, -0.25) is 0 Å². The molecule has 0 saturated carbocycles. The summed E-state index contributed by atoms with van der Waals surface area (Å²) in [6.07, 6.45) is 0. The van der Waals surface area contributed by atoms with Crippen LogP contribution in [0.3, 0.4) is 0 Å². The summed E-state index contributed by atoms with van der Waals surface area (Å²) in [7, 11) is 0. The molecular formula is C16H19BrFNO2. The van der Waals surface area contributed by atoms with Gasteiger partial charge in [0.05, 0.1) is 11.0 Å². The quantitative estimate of drug-likeness (QED) is 0.824. The minimum atomic E-state index is -0.296. The molecule has 1 aromatic carbocycles. The van der Waals surface area contributed by atoms with E-state index in [-0.39, 0.29) is 5.82 Å². The Bertz CT molecular complexity index is 610. The molecule has 1 aromatic heterocycles. The summed E-state index contributed by atoms with van der Waals surface area (Å²) >= 11 is 3.29. The highest BCUT2D eigenvalue weighted by Gasteiger charge is 2.10. The molecule has 0 unspecified atom stereocenters. The number of benzene rings is 1. The molecule has 1 heterocycles. The lowest BCUT2D eigenvalue weighted by molar-refractivity contribution is 0.300. The average Bonchev–Trinajstić information content (AvgIpc) is 2.76. The van der Waals surface area contributed by atoms with Crippen molar-refractivity contribution < 1.29 is 13.5 Å². The summed E-state index contributed by atoms with van der Waals surface area (Å²) in [4.78, 5) is 0. The Balaban J connectivity index is 1.99. The second-order valence-electron chi connectivity index (χ2n) is 5.19. The van der Waals surface area contributed by atoms with Crippen molar-refractivity contribution in [3.8, 4) is 5.75 Å². The van der Waals surface area contributed by atoms with Gasteiger partial charge in [-0.25, -0.2) is 4.39 Å². The molecule has 0 aliphatic rings. The summed E-state index contributed by atoms with van der Waals surface area (Å²) in [5, 5.41) is 3.31. The number of halogens is 2. The molecule has 0 fully saturated rings. The van der Waals surface area contributed by atoms with Crippen LogP contribution < -0.4 is 10.1 Å². The van der Waals surface area contributed by atoms with Crippen molar-refractivity contribution in [1.29, 1.82) is 0 Å². The van der Waals surface area contributed by atoms with E-state index in [1.807, 2.05) is 13.0 Å². The Hall–Kier alpha value is -1.33. The van der Waals surface area contributed by atoms with Gasteiger partial charge in [-0.15, -0.1) is 0 Å². The van der Waals surface area contributed by atoms with Crippen LogP contribution in [-0.4, -0.2) is 6.04 Å². The number of nitrogens with one attached hydrogen (secondary N) is 1. The van der Waals surface area contributed by atoms with Crippen molar-refractivity contribution in [2.45, 2.75) is 40.0 Å². The fraction of sp³-hybridized carbons (Fsp3) is 0.375. The van der Waals surface area contributed by atoms with Gasteiger partial charge in [0.15, 0.2) is 0 Å². The largest absolute Gasteiger partial charge is 0.488 e. The summed E-state index contributed by atoms with van der Waals surface area (Å²) < 4.78 is 25.0. The van der Waals surface area contributed by atoms with Crippen LogP contribution in [0, 0.1) is 12.7 Å². The number of rotatable bonds is 6. The maximum atomic E-state index is 13.0. The normalized spacial score (nSPS) is 11.1. The van der Waals surface area contributed by atoms with Crippen LogP contribution >= 0.6 is 15.9 Å². The number of ether oxygens (including phenoxy) is 1. The fourth-order valence-corrected chi connectivity index (χ4v) is 2.34. The molecule has 5 heteroatoms. The molecule has 3 nitrogen and oxygen atoms in total. The van der Waals surface area contributed by atoms with Crippen LogP contribution in [0.25, 0.3) is 0 Å². The van der Waals surface area contributed by atoms with Crippen LogP contribution in [0.4, 0.5) is 4.39 Å². The zero-order valence-corrected chi connectivity index (χ0v) is 14.0. The third-order valence-corrected chi connectivity index (χ3v) is 3.65. The second-order valence-corrected chi connectivity index (χ2v) is 6.05. The van der Waals surface area contributed by atoms with E-state index in [1.54, 1.807) is 6.07 Å². The smallest absolute Gasteiger partial charge is 0.134 e. The van der Waals surface area contributed by atoms with Gasteiger partial charge in [0.2, 0.25) is 0 Å². The first kappa shape index (κ1) is 16.0. The molecule has 0 bridgehead atoms. The third kappa shape index (κ3) is 4.58. The van der Waals surface area contributed by atoms with Gasteiger partial charge in [-0.2, -0.15) is 0 Å². The van der Waals surface area contributed by atoms with Gasteiger partial charge in [0.25, 0.3) is 0 Å². The van der Waals surface area contributed by atoms with E-state index in [4.69, 9.17) is 9.15 Å². The first-order valence-electron chi connectivity index (χ1n) is 6.85. The lowest BCUT2D eigenvalue weighted by atomic mass is 10.2. The zero-order valence-electron chi connectivity index (χ0n) is 12.4. The van der Waals surface area contributed by atoms with E-state index < -0.39 is 0 Å². The molecular weight excluding hydrogens is 337 g/mol. The van der Waals surface area contributed by atoms with Crippen LogP contribution in [0.5, 0.6) is 5.75 Å². The first-order chi connectivity index (χ1) is 9.95. The predicted molar refractivity (Wildman–Crippen MR) is 83.9 cm³/mol. The molecule has 0 spiro atoms. The predicted octanol–water partition coefficient (Wildman–Crippen LogP) is 4.57. The highest BCUT2D eigenvalue weighted by atomic mass is 79.9. The molecule has 1 N–H and O–H groups in total. The molecule has 0 aliphatic heterocycles. The van der Waals surface area contributed by atoms with E-state index in [9.17, 15) is 4.39 Å². The summed E-state index contributed by atoms with van der Waals surface area (Å²) in [5.74, 6) is 2.04. The number of aryl methyl sites for hydroxylation is 1. The number of hydrogen-bond acceptors (Lipinski definition) is 3. The molecule has 114 valence electrons. The van der Waals surface area contributed by atoms with Crippen LogP contribution in [0.1, 0.15) is 30.9 Å². The van der Waals surface area contributed by atoms with Crippen molar-refractivity contribution in [3.63, 3.8) is 0 Å². The van der Waals surface area contributed by atoms with Gasteiger partial charge in [0, 0.05) is 11.6 Å². The Labute approximate surface area is 132 Å². The Morgan fingerprint density at radius 3 is 2.76 bits per heavy atom. The highest BCUT2D eigenvalue weighted by Crippen LogP contribution is 2.27. The van der Waals surface area contributed by atoms with Crippen molar-refractivity contribution in [1.82, 2.24) is 5.32 Å². The van der Waals surface area contributed by atoms with Crippen molar-refractivity contribution in [2.24, 2.45) is 0 Å². The van der Waals surface area contributed by atoms with Gasteiger partial charge in [-0.1, -0.05) is 13.8 Å².